The van der Waals surface area contributed by atoms with E-state index in [1.54, 1.807) is 24.3 Å². The van der Waals surface area contributed by atoms with Gasteiger partial charge in [-0.15, -0.1) is 0 Å². The Morgan fingerprint density at radius 1 is 1.00 bits per heavy atom. The molecule has 3 rings (SSSR count). The first kappa shape index (κ1) is 25.3. The molecule has 7 N–H and O–H groups in total. The van der Waals surface area contributed by atoms with Crippen molar-refractivity contribution in [3.8, 4) is 11.1 Å². The molecule has 0 unspecified atom stereocenters. The maximum Gasteiger partial charge on any atom is 0.268 e. The van der Waals surface area contributed by atoms with Crippen LogP contribution in [0.5, 0.6) is 0 Å². The molecule has 0 spiro atoms. The van der Waals surface area contributed by atoms with Gasteiger partial charge in [-0.2, -0.15) is 0 Å². The van der Waals surface area contributed by atoms with E-state index in [9.17, 15) is 19.5 Å². The Kier molecular flexibility index (Phi) is 9.11. The molecule has 2 aromatic rings. The number of nitrogens with one attached hydrogen (secondary N) is 5. The molecular formula is C24H31N5O5. The fourth-order valence-electron chi connectivity index (χ4n) is 3.73. The summed E-state index contributed by atoms with van der Waals surface area (Å²) < 4.78 is 0. The molecule has 10 nitrogen and oxygen atoms in total. The number of rotatable bonds is 9. The first-order valence-corrected chi connectivity index (χ1v) is 11.2. The van der Waals surface area contributed by atoms with E-state index in [1.165, 1.54) is 12.4 Å². The molecule has 0 aliphatic carbocycles. The van der Waals surface area contributed by atoms with E-state index < -0.39 is 24.0 Å². The number of benzene rings is 2. The fourth-order valence-corrected chi connectivity index (χ4v) is 3.73. The third-order valence-corrected chi connectivity index (χ3v) is 5.70. The largest absolute Gasteiger partial charge is 0.391 e. The number of piperidine rings is 1. The van der Waals surface area contributed by atoms with Gasteiger partial charge >= 0.3 is 0 Å². The molecule has 10 heteroatoms. The lowest BCUT2D eigenvalue weighted by Gasteiger charge is -2.23. The van der Waals surface area contributed by atoms with E-state index in [0.717, 1.165) is 37.1 Å². The molecule has 0 radical (unpaired) electrons. The van der Waals surface area contributed by atoms with Crippen molar-refractivity contribution < 1.29 is 24.7 Å². The van der Waals surface area contributed by atoms with Crippen LogP contribution in [0.15, 0.2) is 48.5 Å². The summed E-state index contributed by atoms with van der Waals surface area (Å²) in [5.74, 6) is -1.56. The molecule has 2 atom stereocenters. The normalized spacial score (nSPS) is 15.7. The zero-order valence-corrected chi connectivity index (χ0v) is 19.0. The van der Waals surface area contributed by atoms with Gasteiger partial charge in [0, 0.05) is 17.3 Å². The number of hydrogen-bond donors (Lipinski definition) is 7. The second kappa shape index (κ2) is 12.2. The Morgan fingerprint density at radius 2 is 1.59 bits per heavy atom. The Bertz CT molecular complexity index is 972. The van der Waals surface area contributed by atoms with Gasteiger partial charge in [0.05, 0.1) is 12.6 Å². The standard InChI is InChI=1S/C24H31N5O5/c1-15(30)22(24(33)29-34)28-23(32)18-4-2-16(3-5-18)17-6-8-20(9-7-17)27-21(31)14-26-19-10-12-25-13-11-19/h2-9,15,19,22,25-26,30,34H,10-14H2,1H3,(H,27,31)(H,28,32)(H,29,33)/t15-,22+/m1/s1. The second-order valence-corrected chi connectivity index (χ2v) is 8.28. The monoisotopic (exact) mass is 469 g/mol. The zero-order chi connectivity index (χ0) is 24.5. The highest BCUT2D eigenvalue weighted by atomic mass is 16.5. The summed E-state index contributed by atoms with van der Waals surface area (Å²) in [5.41, 5.74) is 4.19. The highest BCUT2D eigenvalue weighted by molar-refractivity contribution is 5.98. The molecule has 1 saturated heterocycles. The summed E-state index contributed by atoms with van der Waals surface area (Å²) in [6.45, 7) is 3.54. The van der Waals surface area contributed by atoms with E-state index in [1.807, 2.05) is 24.3 Å². The van der Waals surface area contributed by atoms with Crippen LogP contribution >= 0.6 is 0 Å². The van der Waals surface area contributed by atoms with Gasteiger partial charge in [0.15, 0.2) is 0 Å². The predicted molar refractivity (Wildman–Crippen MR) is 127 cm³/mol. The van der Waals surface area contributed by atoms with Crippen LogP contribution in [0.1, 0.15) is 30.1 Å². The van der Waals surface area contributed by atoms with Crippen LogP contribution in [0, 0.1) is 0 Å². The number of aliphatic hydroxyl groups is 1. The van der Waals surface area contributed by atoms with Gasteiger partial charge in [-0.3, -0.25) is 19.6 Å². The first-order chi connectivity index (χ1) is 16.4. The van der Waals surface area contributed by atoms with Gasteiger partial charge in [0.25, 0.3) is 11.8 Å². The van der Waals surface area contributed by atoms with Crippen molar-refractivity contribution in [2.45, 2.75) is 38.0 Å². The number of aliphatic hydroxyl groups excluding tert-OH is 1. The molecule has 182 valence electrons. The number of carbonyl (C=O) groups excluding carboxylic acids is 3. The van der Waals surface area contributed by atoms with Gasteiger partial charge in [-0.1, -0.05) is 24.3 Å². The minimum Gasteiger partial charge on any atom is -0.391 e. The first-order valence-electron chi connectivity index (χ1n) is 11.2. The highest BCUT2D eigenvalue weighted by Gasteiger charge is 2.25. The lowest BCUT2D eigenvalue weighted by atomic mass is 10.0. The predicted octanol–water partition coefficient (Wildman–Crippen LogP) is 0.618. The molecule has 0 saturated carbocycles. The molecule has 2 aromatic carbocycles. The van der Waals surface area contributed by atoms with Crippen LogP contribution in [-0.4, -0.2) is 65.9 Å². The summed E-state index contributed by atoms with van der Waals surface area (Å²) in [7, 11) is 0. The smallest absolute Gasteiger partial charge is 0.268 e. The molecule has 1 heterocycles. The second-order valence-electron chi connectivity index (χ2n) is 8.28. The number of anilines is 1. The minimum atomic E-state index is -1.28. The third-order valence-electron chi connectivity index (χ3n) is 5.70. The van der Waals surface area contributed by atoms with E-state index in [4.69, 9.17) is 5.21 Å². The van der Waals surface area contributed by atoms with E-state index >= 15 is 0 Å². The van der Waals surface area contributed by atoms with Crippen molar-refractivity contribution in [3.63, 3.8) is 0 Å². The van der Waals surface area contributed by atoms with E-state index in [2.05, 4.69) is 21.3 Å². The van der Waals surface area contributed by atoms with Crippen LogP contribution in [0.3, 0.4) is 0 Å². The SMILES string of the molecule is C[C@@H](O)[C@H](NC(=O)c1ccc(-c2ccc(NC(=O)CNC3CCNCC3)cc2)cc1)C(=O)NO. The third kappa shape index (κ3) is 7.09. The zero-order valence-electron chi connectivity index (χ0n) is 19.0. The van der Waals surface area contributed by atoms with Crippen LogP contribution in [0.25, 0.3) is 11.1 Å². The molecule has 1 aliphatic rings. The van der Waals surface area contributed by atoms with Crippen molar-refractivity contribution in [2.24, 2.45) is 0 Å². The van der Waals surface area contributed by atoms with Crippen LogP contribution in [0.4, 0.5) is 5.69 Å². The Balaban J connectivity index is 1.54. The Labute approximate surface area is 198 Å². The molecule has 1 fully saturated rings. The number of hydrogen-bond acceptors (Lipinski definition) is 7. The summed E-state index contributed by atoms with van der Waals surface area (Å²) in [6, 6.07) is 13.2. The van der Waals surface area contributed by atoms with E-state index in [-0.39, 0.29) is 12.5 Å². The van der Waals surface area contributed by atoms with Crippen molar-refractivity contribution in [2.75, 3.05) is 25.0 Å². The highest BCUT2D eigenvalue weighted by Crippen LogP contribution is 2.22. The van der Waals surface area contributed by atoms with Crippen molar-refractivity contribution in [1.29, 1.82) is 0 Å². The van der Waals surface area contributed by atoms with Gasteiger partial charge < -0.3 is 26.4 Å². The quantitative estimate of drug-likeness (QED) is 0.210. The average Bonchev–Trinajstić information content (AvgIpc) is 2.86. The Hall–Kier alpha value is -3.31. The van der Waals surface area contributed by atoms with Gasteiger partial charge in [-0.25, -0.2) is 5.48 Å². The lowest BCUT2D eigenvalue weighted by molar-refractivity contribution is -0.133. The fraction of sp³-hybridized carbons (Fsp3) is 0.375. The average molecular weight is 470 g/mol. The van der Waals surface area contributed by atoms with Crippen molar-refractivity contribution >= 4 is 23.4 Å². The van der Waals surface area contributed by atoms with Gasteiger partial charge in [-0.05, 0) is 68.2 Å². The summed E-state index contributed by atoms with van der Waals surface area (Å²) >= 11 is 0. The number of hydroxylamine groups is 1. The number of carbonyl (C=O) groups is 3. The summed E-state index contributed by atoms with van der Waals surface area (Å²) in [4.78, 5) is 36.2. The minimum absolute atomic E-state index is 0.0907. The molecule has 1 aliphatic heterocycles. The number of amides is 3. The van der Waals surface area contributed by atoms with Crippen molar-refractivity contribution in [3.05, 3.63) is 54.1 Å². The molecule has 34 heavy (non-hydrogen) atoms. The van der Waals surface area contributed by atoms with Crippen LogP contribution in [-0.2, 0) is 9.59 Å². The molecule has 0 bridgehead atoms. The molecular weight excluding hydrogens is 438 g/mol. The van der Waals surface area contributed by atoms with Crippen molar-refractivity contribution in [1.82, 2.24) is 21.4 Å². The lowest BCUT2D eigenvalue weighted by Crippen LogP contribution is -2.51. The van der Waals surface area contributed by atoms with Gasteiger partial charge in [0.1, 0.15) is 6.04 Å². The topological polar surface area (TPSA) is 152 Å². The van der Waals surface area contributed by atoms with E-state index in [0.29, 0.717) is 17.3 Å². The summed E-state index contributed by atoms with van der Waals surface area (Å²) in [5, 5.41) is 30.3. The maximum atomic E-state index is 12.4. The summed E-state index contributed by atoms with van der Waals surface area (Å²) in [6.07, 6.45) is 0.845. The Morgan fingerprint density at radius 3 is 2.15 bits per heavy atom. The van der Waals surface area contributed by atoms with Crippen LogP contribution in [0.2, 0.25) is 0 Å². The maximum absolute atomic E-state index is 12.4. The van der Waals surface area contributed by atoms with Crippen LogP contribution < -0.4 is 26.7 Å². The van der Waals surface area contributed by atoms with Gasteiger partial charge in [0.2, 0.25) is 5.91 Å². The molecule has 0 aromatic heterocycles. The molecule has 3 amide bonds.